The second kappa shape index (κ2) is 4.29. The van der Waals surface area contributed by atoms with Crippen LogP contribution in [0.15, 0.2) is 24.3 Å². The molecule has 0 spiro atoms. The first-order chi connectivity index (χ1) is 6.39. The van der Waals surface area contributed by atoms with Gasteiger partial charge in [-0.15, -0.1) is 0 Å². The number of hydrogen-bond donors (Lipinski definition) is 0. The number of rotatable bonds is 1. The van der Waals surface area contributed by atoms with Gasteiger partial charge in [-0.3, -0.25) is 4.79 Å². The van der Waals surface area contributed by atoms with Crippen LogP contribution in [0, 0.1) is 8.99 Å². The first-order valence-corrected chi connectivity index (χ1v) is 5.45. The van der Waals surface area contributed by atoms with Crippen LogP contribution >= 0.6 is 22.6 Å². The van der Waals surface area contributed by atoms with Crippen molar-refractivity contribution in [3.8, 4) is 5.75 Å². The van der Waals surface area contributed by atoms with Gasteiger partial charge in [-0.25, -0.2) is 0 Å². The fraction of sp³-hybridized carbons (Fsp3) is 0.364. The minimum Gasteiger partial charge on any atom is -0.426 e. The average molecular weight is 304 g/mol. The maximum atomic E-state index is 11.5. The van der Waals surface area contributed by atoms with Gasteiger partial charge in [0.2, 0.25) is 0 Å². The van der Waals surface area contributed by atoms with Crippen LogP contribution < -0.4 is 4.74 Å². The molecule has 2 nitrogen and oxygen atoms in total. The minimum atomic E-state index is -0.455. The molecule has 0 aromatic heterocycles. The molecule has 3 heteroatoms. The quantitative estimate of drug-likeness (QED) is 0.452. The molecule has 0 atom stereocenters. The van der Waals surface area contributed by atoms with Gasteiger partial charge in [0.1, 0.15) is 5.75 Å². The molecule has 0 radical (unpaired) electrons. The van der Waals surface area contributed by atoms with Crippen LogP contribution in [-0.4, -0.2) is 5.97 Å². The zero-order valence-corrected chi connectivity index (χ0v) is 10.7. The van der Waals surface area contributed by atoms with Gasteiger partial charge < -0.3 is 4.74 Å². The highest BCUT2D eigenvalue weighted by atomic mass is 127. The number of hydrogen-bond acceptors (Lipinski definition) is 2. The summed E-state index contributed by atoms with van der Waals surface area (Å²) >= 11 is 2.21. The molecule has 0 bridgehead atoms. The lowest BCUT2D eigenvalue weighted by Crippen LogP contribution is -2.25. The summed E-state index contributed by atoms with van der Waals surface area (Å²) in [4.78, 5) is 11.5. The van der Waals surface area contributed by atoms with Gasteiger partial charge >= 0.3 is 5.97 Å². The molecule has 1 aromatic rings. The van der Waals surface area contributed by atoms with Gasteiger partial charge in [0.25, 0.3) is 0 Å². The molecule has 0 fully saturated rings. The summed E-state index contributed by atoms with van der Waals surface area (Å²) in [6.07, 6.45) is 0. The van der Waals surface area contributed by atoms with E-state index >= 15 is 0 Å². The fourth-order valence-corrected chi connectivity index (χ4v) is 1.12. The van der Waals surface area contributed by atoms with Crippen molar-refractivity contribution in [3.63, 3.8) is 0 Å². The van der Waals surface area contributed by atoms with Crippen molar-refractivity contribution in [2.24, 2.45) is 5.41 Å². The number of halogens is 1. The maximum absolute atomic E-state index is 11.5. The summed E-state index contributed by atoms with van der Waals surface area (Å²) in [5.74, 6) is 0.393. The van der Waals surface area contributed by atoms with Gasteiger partial charge in [-0.05, 0) is 67.6 Å². The summed E-state index contributed by atoms with van der Waals surface area (Å²) in [5, 5.41) is 0. The minimum absolute atomic E-state index is 0.210. The average Bonchev–Trinajstić information content (AvgIpc) is 2.07. The lowest BCUT2D eigenvalue weighted by atomic mass is 9.97. The first kappa shape index (κ1) is 11.5. The van der Waals surface area contributed by atoms with Crippen molar-refractivity contribution < 1.29 is 9.53 Å². The predicted octanol–water partition coefficient (Wildman–Crippen LogP) is 3.24. The monoisotopic (exact) mass is 304 g/mol. The molecule has 14 heavy (non-hydrogen) atoms. The first-order valence-electron chi connectivity index (χ1n) is 4.37. The van der Waals surface area contributed by atoms with Crippen molar-refractivity contribution >= 4 is 28.6 Å². The molecule has 0 saturated heterocycles. The molecule has 0 aliphatic carbocycles. The number of carbonyl (C=O) groups excluding carboxylic acids is 1. The van der Waals surface area contributed by atoms with E-state index in [1.165, 1.54) is 0 Å². The third-order valence-corrected chi connectivity index (χ3v) is 2.36. The SMILES string of the molecule is CC(C)(C)C(=O)Oc1ccc(I)cc1. The summed E-state index contributed by atoms with van der Waals surface area (Å²) in [5.41, 5.74) is -0.455. The lowest BCUT2D eigenvalue weighted by Gasteiger charge is -2.16. The van der Waals surface area contributed by atoms with E-state index in [-0.39, 0.29) is 5.97 Å². The highest BCUT2D eigenvalue weighted by Gasteiger charge is 2.23. The van der Waals surface area contributed by atoms with E-state index in [1.54, 1.807) is 12.1 Å². The number of carbonyl (C=O) groups is 1. The second-order valence-corrected chi connectivity index (χ2v) is 5.34. The van der Waals surface area contributed by atoms with Crippen molar-refractivity contribution in [2.45, 2.75) is 20.8 Å². The number of esters is 1. The van der Waals surface area contributed by atoms with E-state index in [1.807, 2.05) is 32.9 Å². The highest BCUT2D eigenvalue weighted by molar-refractivity contribution is 14.1. The lowest BCUT2D eigenvalue weighted by molar-refractivity contribution is -0.142. The molecule has 0 heterocycles. The van der Waals surface area contributed by atoms with Crippen LogP contribution in [-0.2, 0) is 4.79 Å². The van der Waals surface area contributed by atoms with E-state index in [2.05, 4.69) is 22.6 Å². The van der Waals surface area contributed by atoms with Gasteiger partial charge in [0.05, 0.1) is 5.41 Å². The molecule has 0 amide bonds. The van der Waals surface area contributed by atoms with Crippen LogP contribution in [0.25, 0.3) is 0 Å². The van der Waals surface area contributed by atoms with E-state index in [0.717, 1.165) is 3.57 Å². The second-order valence-electron chi connectivity index (χ2n) is 4.09. The van der Waals surface area contributed by atoms with Crippen molar-refractivity contribution in [1.82, 2.24) is 0 Å². The Bertz CT molecular complexity index is 322. The maximum Gasteiger partial charge on any atom is 0.316 e. The molecule has 0 unspecified atom stereocenters. The predicted molar refractivity (Wildman–Crippen MR) is 64.2 cm³/mol. The zero-order valence-electron chi connectivity index (χ0n) is 8.50. The third kappa shape index (κ3) is 3.29. The molecular formula is C11H13IO2. The molecule has 0 N–H and O–H groups in total. The van der Waals surface area contributed by atoms with Crippen molar-refractivity contribution in [2.75, 3.05) is 0 Å². The van der Waals surface area contributed by atoms with Crippen LogP contribution in [0.1, 0.15) is 20.8 Å². The van der Waals surface area contributed by atoms with Crippen molar-refractivity contribution in [1.29, 1.82) is 0 Å². The smallest absolute Gasteiger partial charge is 0.316 e. The third-order valence-electron chi connectivity index (χ3n) is 1.64. The molecule has 1 aromatic carbocycles. The summed E-state index contributed by atoms with van der Waals surface area (Å²) in [6.45, 7) is 5.51. The normalized spacial score (nSPS) is 11.1. The van der Waals surface area contributed by atoms with Crippen LogP contribution in [0.4, 0.5) is 0 Å². The van der Waals surface area contributed by atoms with Crippen LogP contribution in [0.3, 0.4) is 0 Å². The molecule has 0 saturated carbocycles. The van der Waals surface area contributed by atoms with E-state index in [0.29, 0.717) is 5.75 Å². The van der Waals surface area contributed by atoms with Gasteiger partial charge in [0, 0.05) is 3.57 Å². The topological polar surface area (TPSA) is 26.3 Å². The highest BCUT2D eigenvalue weighted by Crippen LogP contribution is 2.19. The van der Waals surface area contributed by atoms with Gasteiger partial charge in [0.15, 0.2) is 0 Å². The Kier molecular flexibility index (Phi) is 3.53. The zero-order chi connectivity index (χ0) is 10.8. The Morgan fingerprint density at radius 2 is 1.71 bits per heavy atom. The van der Waals surface area contributed by atoms with Crippen LogP contribution in [0.5, 0.6) is 5.75 Å². The molecular weight excluding hydrogens is 291 g/mol. The molecule has 0 aliphatic rings. The Hall–Kier alpha value is -0.580. The summed E-state index contributed by atoms with van der Waals surface area (Å²) < 4.78 is 6.31. The number of ether oxygens (including phenoxy) is 1. The van der Waals surface area contributed by atoms with Crippen LogP contribution in [0.2, 0.25) is 0 Å². The van der Waals surface area contributed by atoms with Crippen molar-refractivity contribution in [3.05, 3.63) is 27.8 Å². The summed E-state index contributed by atoms with van der Waals surface area (Å²) in [6, 6.07) is 7.41. The largest absolute Gasteiger partial charge is 0.426 e. The van der Waals surface area contributed by atoms with E-state index < -0.39 is 5.41 Å². The Morgan fingerprint density at radius 1 is 1.21 bits per heavy atom. The van der Waals surface area contributed by atoms with Gasteiger partial charge in [-0.1, -0.05) is 0 Å². The Labute approximate surface area is 97.8 Å². The molecule has 76 valence electrons. The number of benzene rings is 1. The molecule has 1 rings (SSSR count). The molecule has 0 aliphatic heterocycles. The standard InChI is InChI=1S/C11H13IO2/c1-11(2,3)10(13)14-9-6-4-8(12)5-7-9/h4-7H,1-3H3. The Balaban J connectivity index is 2.71. The van der Waals surface area contributed by atoms with E-state index in [9.17, 15) is 4.79 Å². The van der Waals surface area contributed by atoms with Gasteiger partial charge in [-0.2, -0.15) is 0 Å². The summed E-state index contributed by atoms with van der Waals surface area (Å²) in [7, 11) is 0. The Morgan fingerprint density at radius 3 is 2.14 bits per heavy atom. The fourth-order valence-electron chi connectivity index (χ4n) is 0.763. The van der Waals surface area contributed by atoms with E-state index in [4.69, 9.17) is 4.74 Å².